The lowest BCUT2D eigenvalue weighted by Gasteiger charge is -2.10. The quantitative estimate of drug-likeness (QED) is 0.411. The number of nitrogens with one attached hydrogen (secondary N) is 3. The molecule has 6 nitrogen and oxygen atoms in total. The van der Waals surface area contributed by atoms with Crippen molar-refractivity contribution in [1.29, 1.82) is 0 Å². The summed E-state index contributed by atoms with van der Waals surface area (Å²) in [6, 6.07) is 19.2. The lowest BCUT2D eigenvalue weighted by Crippen LogP contribution is -2.35. The first-order valence-corrected chi connectivity index (χ1v) is 9.95. The number of rotatable bonds is 8. The molecule has 31 heavy (non-hydrogen) atoms. The molecule has 0 heterocycles. The molecule has 0 aliphatic carbocycles. The number of hydrogen-bond donors (Lipinski definition) is 4. The Morgan fingerprint density at radius 2 is 1.61 bits per heavy atom. The van der Waals surface area contributed by atoms with Crippen molar-refractivity contribution in [1.82, 2.24) is 10.6 Å². The molecular formula is C24H24FN3O3. The smallest absolute Gasteiger partial charge is 0.315 e. The fourth-order valence-corrected chi connectivity index (χ4v) is 2.97. The first kappa shape index (κ1) is 21.8. The summed E-state index contributed by atoms with van der Waals surface area (Å²) in [5, 5.41) is 17.6. The minimum Gasteiger partial charge on any atom is -0.508 e. The second-order valence-corrected chi connectivity index (χ2v) is 7.04. The molecular weight excluding hydrogens is 397 g/mol. The third kappa shape index (κ3) is 7.15. The van der Waals surface area contributed by atoms with Crippen molar-refractivity contribution in [3.63, 3.8) is 0 Å². The van der Waals surface area contributed by atoms with E-state index in [0.717, 1.165) is 24.0 Å². The van der Waals surface area contributed by atoms with Crippen molar-refractivity contribution in [2.45, 2.75) is 19.4 Å². The van der Waals surface area contributed by atoms with Gasteiger partial charge in [0.05, 0.1) is 0 Å². The van der Waals surface area contributed by atoms with E-state index in [1.165, 1.54) is 24.3 Å². The normalized spacial score (nSPS) is 10.4. The molecule has 160 valence electrons. The van der Waals surface area contributed by atoms with Crippen molar-refractivity contribution >= 4 is 17.6 Å². The molecule has 7 heteroatoms. The Morgan fingerprint density at radius 1 is 0.871 bits per heavy atom. The Morgan fingerprint density at radius 3 is 2.35 bits per heavy atom. The van der Waals surface area contributed by atoms with Crippen LogP contribution in [0, 0.1) is 5.82 Å². The van der Waals surface area contributed by atoms with Crippen molar-refractivity contribution < 1.29 is 19.1 Å². The Labute approximate surface area is 180 Å². The molecule has 0 aliphatic heterocycles. The number of urea groups is 1. The zero-order valence-corrected chi connectivity index (χ0v) is 16.9. The van der Waals surface area contributed by atoms with Crippen LogP contribution in [0.15, 0.2) is 72.8 Å². The molecule has 0 radical (unpaired) electrons. The molecule has 0 aliphatic rings. The highest BCUT2D eigenvalue weighted by Gasteiger charge is 2.07. The summed E-state index contributed by atoms with van der Waals surface area (Å²) < 4.78 is 13.0. The summed E-state index contributed by atoms with van der Waals surface area (Å²) in [6.45, 7) is 0.838. The van der Waals surface area contributed by atoms with Crippen LogP contribution < -0.4 is 16.0 Å². The number of aryl methyl sites for hydroxylation is 1. The molecule has 0 unspecified atom stereocenters. The van der Waals surface area contributed by atoms with Gasteiger partial charge in [0.2, 0.25) is 0 Å². The van der Waals surface area contributed by atoms with Gasteiger partial charge in [0.25, 0.3) is 5.91 Å². The van der Waals surface area contributed by atoms with Gasteiger partial charge in [-0.15, -0.1) is 0 Å². The first-order chi connectivity index (χ1) is 15.0. The van der Waals surface area contributed by atoms with Gasteiger partial charge in [-0.05, 0) is 72.5 Å². The highest BCUT2D eigenvalue weighted by Crippen LogP contribution is 2.13. The summed E-state index contributed by atoms with van der Waals surface area (Å²) >= 11 is 0. The summed E-state index contributed by atoms with van der Waals surface area (Å²) in [6.07, 6.45) is 1.58. The van der Waals surface area contributed by atoms with Crippen molar-refractivity contribution in [2.24, 2.45) is 0 Å². The van der Waals surface area contributed by atoms with E-state index in [1.807, 2.05) is 18.2 Å². The molecule has 3 aromatic rings. The van der Waals surface area contributed by atoms with Crippen LogP contribution in [0.2, 0.25) is 0 Å². The summed E-state index contributed by atoms with van der Waals surface area (Å²) in [5.74, 6) is -0.500. The standard InChI is InChI=1S/C24H24FN3O3/c25-20-10-8-19(9-11-20)23(30)28-21-5-1-3-18(15-21)16-27-24(31)26-14-2-4-17-6-12-22(29)13-7-17/h1,3,5-13,15,29H,2,4,14,16H2,(H,28,30)(H2,26,27,31). The van der Waals surface area contributed by atoms with Crippen LogP contribution in [-0.2, 0) is 13.0 Å². The van der Waals surface area contributed by atoms with Gasteiger partial charge in [-0.3, -0.25) is 4.79 Å². The van der Waals surface area contributed by atoms with Gasteiger partial charge in [-0.25, -0.2) is 9.18 Å². The number of amides is 3. The lowest BCUT2D eigenvalue weighted by atomic mass is 10.1. The van der Waals surface area contributed by atoms with E-state index < -0.39 is 5.82 Å². The fraction of sp³-hybridized carbons (Fsp3) is 0.167. The second kappa shape index (κ2) is 10.8. The summed E-state index contributed by atoms with van der Waals surface area (Å²) in [5.41, 5.74) is 2.87. The molecule has 0 atom stereocenters. The zero-order valence-electron chi connectivity index (χ0n) is 16.9. The maximum Gasteiger partial charge on any atom is 0.315 e. The largest absolute Gasteiger partial charge is 0.508 e. The number of phenols is 1. The van der Waals surface area contributed by atoms with Gasteiger partial charge in [-0.1, -0.05) is 24.3 Å². The van der Waals surface area contributed by atoms with Crippen molar-refractivity contribution in [3.05, 3.63) is 95.3 Å². The monoisotopic (exact) mass is 421 g/mol. The minimum absolute atomic E-state index is 0.236. The van der Waals surface area contributed by atoms with E-state index in [9.17, 15) is 19.1 Å². The van der Waals surface area contributed by atoms with Crippen LogP contribution in [0.1, 0.15) is 27.9 Å². The van der Waals surface area contributed by atoms with Crippen LogP contribution in [0.25, 0.3) is 0 Å². The van der Waals surface area contributed by atoms with Crippen molar-refractivity contribution in [2.75, 3.05) is 11.9 Å². The van der Waals surface area contributed by atoms with Gasteiger partial charge in [-0.2, -0.15) is 0 Å². The van der Waals surface area contributed by atoms with E-state index in [1.54, 1.807) is 30.3 Å². The van der Waals surface area contributed by atoms with Crippen LogP contribution in [0.4, 0.5) is 14.9 Å². The third-order valence-corrected chi connectivity index (χ3v) is 4.61. The third-order valence-electron chi connectivity index (χ3n) is 4.61. The summed E-state index contributed by atoms with van der Waals surface area (Å²) in [4.78, 5) is 24.2. The first-order valence-electron chi connectivity index (χ1n) is 9.95. The minimum atomic E-state index is -0.400. The molecule has 0 bridgehead atoms. The zero-order chi connectivity index (χ0) is 22.1. The molecule has 0 fully saturated rings. The second-order valence-electron chi connectivity index (χ2n) is 7.04. The molecule has 0 aromatic heterocycles. The van der Waals surface area contributed by atoms with Gasteiger partial charge < -0.3 is 21.1 Å². The van der Waals surface area contributed by atoms with E-state index in [-0.39, 0.29) is 17.7 Å². The molecule has 3 rings (SSSR count). The van der Waals surface area contributed by atoms with Crippen molar-refractivity contribution in [3.8, 4) is 5.75 Å². The molecule has 0 spiro atoms. The SMILES string of the molecule is O=C(NCCCc1ccc(O)cc1)NCc1cccc(NC(=O)c2ccc(F)cc2)c1. The average molecular weight is 421 g/mol. The molecule has 4 N–H and O–H groups in total. The van der Waals surface area contributed by atoms with E-state index in [2.05, 4.69) is 16.0 Å². The van der Waals surface area contributed by atoms with Crippen LogP contribution in [-0.4, -0.2) is 23.6 Å². The summed E-state index contributed by atoms with van der Waals surface area (Å²) in [7, 11) is 0. The Hall–Kier alpha value is -3.87. The van der Waals surface area contributed by atoms with Gasteiger partial charge >= 0.3 is 6.03 Å². The molecule has 3 aromatic carbocycles. The Bertz CT molecular complexity index is 1020. The predicted octanol–water partition coefficient (Wildman–Crippen LogP) is 4.22. The van der Waals surface area contributed by atoms with E-state index in [4.69, 9.17) is 0 Å². The van der Waals surface area contributed by atoms with Gasteiger partial charge in [0.1, 0.15) is 11.6 Å². The molecule has 0 saturated carbocycles. The highest BCUT2D eigenvalue weighted by atomic mass is 19.1. The Balaban J connectivity index is 1.40. The number of hydrogen-bond acceptors (Lipinski definition) is 3. The molecule has 3 amide bonds. The number of carbonyl (C=O) groups excluding carboxylic acids is 2. The Kier molecular flexibility index (Phi) is 7.59. The maximum absolute atomic E-state index is 13.0. The maximum atomic E-state index is 13.0. The number of aromatic hydroxyl groups is 1. The fourth-order valence-electron chi connectivity index (χ4n) is 2.97. The number of carbonyl (C=O) groups is 2. The number of phenolic OH excluding ortho intramolecular Hbond substituents is 1. The number of halogens is 1. The van der Waals surface area contributed by atoms with E-state index in [0.29, 0.717) is 24.3 Å². The molecule has 0 saturated heterocycles. The van der Waals surface area contributed by atoms with Crippen LogP contribution >= 0.6 is 0 Å². The van der Waals surface area contributed by atoms with Gasteiger partial charge in [0.15, 0.2) is 0 Å². The topological polar surface area (TPSA) is 90.5 Å². The van der Waals surface area contributed by atoms with Crippen LogP contribution in [0.3, 0.4) is 0 Å². The van der Waals surface area contributed by atoms with E-state index >= 15 is 0 Å². The average Bonchev–Trinajstić information content (AvgIpc) is 2.77. The van der Waals surface area contributed by atoms with Gasteiger partial charge in [0, 0.05) is 24.3 Å². The number of anilines is 1. The van der Waals surface area contributed by atoms with Crippen LogP contribution in [0.5, 0.6) is 5.75 Å². The lowest BCUT2D eigenvalue weighted by molar-refractivity contribution is 0.102. The number of benzene rings is 3. The predicted molar refractivity (Wildman–Crippen MR) is 117 cm³/mol. The highest BCUT2D eigenvalue weighted by molar-refractivity contribution is 6.04.